The Labute approximate surface area is 142 Å². The molecule has 5 rings (SSSR count). The van der Waals surface area contributed by atoms with Gasteiger partial charge in [-0.05, 0) is 31.4 Å². The van der Waals surface area contributed by atoms with E-state index in [1.807, 2.05) is 13.0 Å². The number of rotatable bonds is 2. The lowest BCUT2D eigenvalue weighted by molar-refractivity contribution is -0.924. The molecule has 0 amide bonds. The average molecular weight is 332 g/mol. The number of ether oxygens (including phenoxy) is 2. The minimum absolute atomic E-state index is 0.0212. The maximum Gasteiger partial charge on any atom is 0.165 e. The molecule has 130 valence electrons. The van der Waals surface area contributed by atoms with Crippen molar-refractivity contribution in [1.29, 1.82) is 0 Å². The maximum atomic E-state index is 11.9. The van der Waals surface area contributed by atoms with Gasteiger partial charge in [-0.3, -0.25) is 0 Å². The molecule has 4 aliphatic rings. The number of hydrogen-bond donors (Lipinski definition) is 3. The molecule has 3 N–H and O–H groups in total. The Hall–Kier alpha value is -1.30. The second kappa shape index (κ2) is 4.65. The van der Waals surface area contributed by atoms with E-state index in [4.69, 9.17) is 9.47 Å². The van der Waals surface area contributed by atoms with Gasteiger partial charge < -0.3 is 24.6 Å². The van der Waals surface area contributed by atoms with E-state index in [-0.39, 0.29) is 24.0 Å². The minimum atomic E-state index is -0.778. The van der Waals surface area contributed by atoms with Crippen LogP contribution in [-0.4, -0.2) is 54.3 Å². The highest BCUT2D eigenvalue weighted by Gasteiger charge is 2.74. The molecule has 2 aliphatic heterocycles. The second-order valence-corrected chi connectivity index (χ2v) is 8.02. The van der Waals surface area contributed by atoms with Gasteiger partial charge in [0.05, 0.1) is 25.1 Å². The molecule has 2 aliphatic carbocycles. The molecule has 6 atom stereocenters. The van der Waals surface area contributed by atoms with E-state index in [1.54, 1.807) is 6.07 Å². The van der Waals surface area contributed by atoms with Crippen molar-refractivity contribution in [3.05, 3.63) is 23.3 Å². The van der Waals surface area contributed by atoms with Gasteiger partial charge in [0.25, 0.3) is 0 Å². The lowest BCUT2D eigenvalue weighted by Gasteiger charge is -2.61. The molecule has 24 heavy (non-hydrogen) atoms. The highest BCUT2D eigenvalue weighted by molar-refractivity contribution is 5.62. The van der Waals surface area contributed by atoms with Crippen molar-refractivity contribution in [2.45, 2.75) is 61.9 Å². The molecule has 2 heterocycles. The zero-order chi connectivity index (χ0) is 16.7. The Kier molecular flexibility index (Phi) is 2.91. The van der Waals surface area contributed by atoms with Crippen LogP contribution in [0.15, 0.2) is 12.1 Å². The molecule has 1 saturated carbocycles. The summed E-state index contributed by atoms with van der Waals surface area (Å²) < 4.78 is 12.3. The number of phenols is 1. The fourth-order valence-electron chi connectivity index (χ4n) is 6.25. The monoisotopic (exact) mass is 332 g/mol. The fraction of sp³-hybridized carbons (Fsp3) is 0.684. The van der Waals surface area contributed by atoms with Gasteiger partial charge in [-0.2, -0.15) is 0 Å². The molecule has 2 bridgehead atoms. The molecule has 3 unspecified atom stereocenters. The number of benzene rings is 1. The van der Waals surface area contributed by atoms with Crippen molar-refractivity contribution in [3.8, 4) is 11.5 Å². The number of hydrogen-bond acceptors (Lipinski definition) is 4. The number of phenolic OH excluding ortho intramolecular Hbond substituents is 1. The first-order valence-corrected chi connectivity index (χ1v) is 9.21. The maximum absolute atomic E-state index is 11.9. The summed E-state index contributed by atoms with van der Waals surface area (Å²) in [4.78, 5) is 1.41. The van der Waals surface area contributed by atoms with Crippen molar-refractivity contribution < 1.29 is 24.6 Å². The van der Waals surface area contributed by atoms with E-state index in [1.165, 1.54) is 10.5 Å². The number of aliphatic hydroxyl groups is 1. The van der Waals surface area contributed by atoms with Gasteiger partial charge >= 0.3 is 0 Å². The lowest BCUT2D eigenvalue weighted by Crippen LogP contribution is -3.19. The third-order valence-electron chi connectivity index (χ3n) is 7.21. The van der Waals surface area contributed by atoms with Crippen LogP contribution in [-0.2, 0) is 16.6 Å². The summed E-state index contributed by atoms with van der Waals surface area (Å²) in [6, 6.07) is 3.95. The van der Waals surface area contributed by atoms with Crippen LogP contribution in [0, 0.1) is 0 Å². The Bertz CT molecular complexity index is 707. The quantitative estimate of drug-likeness (QED) is 0.722. The van der Waals surface area contributed by atoms with Crippen LogP contribution in [0.2, 0.25) is 0 Å². The van der Waals surface area contributed by atoms with Crippen LogP contribution >= 0.6 is 0 Å². The number of likely N-dealkylation sites (tertiary alicyclic amines) is 1. The van der Waals surface area contributed by atoms with Crippen molar-refractivity contribution in [2.24, 2.45) is 0 Å². The largest absolute Gasteiger partial charge is 0.504 e. The third kappa shape index (κ3) is 1.48. The lowest BCUT2D eigenvalue weighted by atomic mass is 9.48. The molecule has 5 heteroatoms. The van der Waals surface area contributed by atoms with Gasteiger partial charge in [0, 0.05) is 25.0 Å². The summed E-state index contributed by atoms with van der Waals surface area (Å²) >= 11 is 0. The molecule has 2 fully saturated rings. The molecule has 0 radical (unpaired) electrons. The predicted molar refractivity (Wildman–Crippen MR) is 87.7 cm³/mol. The summed E-state index contributed by atoms with van der Waals surface area (Å²) in [5.41, 5.74) is 1.09. The van der Waals surface area contributed by atoms with Crippen molar-refractivity contribution in [2.75, 3.05) is 20.2 Å². The van der Waals surface area contributed by atoms with E-state index in [0.29, 0.717) is 12.4 Å². The molecule has 0 aromatic heterocycles. The van der Waals surface area contributed by atoms with Crippen LogP contribution in [0.5, 0.6) is 11.5 Å². The Morgan fingerprint density at radius 1 is 1.38 bits per heavy atom. The first kappa shape index (κ1) is 15.0. The van der Waals surface area contributed by atoms with Crippen molar-refractivity contribution >= 4 is 0 Å². The number of likely N-dealkylation sites (N-methyl/N-ethyl adjacent to an activating group) is 1. The standard InChI is InChI=1S/C19H25NO4/c1-3-23-13-6-7-19(22)14-10-11-4-5-12(21)16-15(11)18(19,17(13)24-16)8-9-20(14)2/h4-5,13-14,17,21-22H,3,6-10H2,1-2H3/p+1/t13-,14?,17?,18-,19+/m0/s1. The zero-order valence-electron chi connectivity index (χ0n) is 14.3. The summed E-state index contributed by atoms with van der Waals surface area (Å²) in [7, 11) is 2.20. The Balaban J connectivity index is 1.78. The van der Waals surface area contributed by atoms with Gasteiger partial charge in [-0.1, -0.05) is 6.07 Å². The highest BCUT2D eigenvalue weighted by atomic mass is 16.6. The van der Waals surface area contributed by atoms with Crippen LogP contribution in [0.25, 0.3) is 0 Å². The van der Waals surface area contributed by atoms with Crippen molar-refractivity contribution in [3.63, 3.8) is 0 Å². The topological polar surface area (TPSA) is 63.4 Å². The number of quaternary nitrogens is 1. The molecular formula is C19H26NO4+. The molecule has 5 nitrogen and oxygen atoms in total. The van der Waals surface area contributed by atoms with Crippen LogP contribution < -0.4 is 9.64 Å². The second-order valence-electron chi connectivity index (χ2n) is 8.02. The Morgan fingerprint density at radius 3 is 3.00 bits per heavy atom. The van der Waals surface area contributed by atoms with E-state index in [9.17, 15) is 10.2 Å². The van der Waals surface area contributed by atoms with Gasteiger partial charge in [-0.25, -0.2) is 0 Å². The minimum Gasteiger partial charge on any atom is -0.504 e. The van der Waals surface area contributed by atoms with Crippen molar-refractivity contribution in [1.82, 2.24) is 0 Å². The molecule has 1 aromatic rings. The molecule has 1 spiro atoms. The van der Waals surface area contributed by atoms with Crippen LogP contribution in [0.4, 0.5) is 0 Å². The summed E-state index contributed by atoms with van der Waals surface area (Å²) in [6.45, 7) is 3.66. The van der Waals surface area contributed by atoms with E-state index in [0.717, 1.165) is 37.8 Å². The van der Waals surface area contributed by atoms with Gasteiger partial charge in [0.1, 0.15) is 17.7 Å². The molecule has 1 saturated heterocycles. The normalized spacial score (nSPS) is 44.8. The molecule has 1 aromatic carbocycles. The van der Waals surface area contributed by atoms with E-state index < -0.39 is 11.0 Å². The summed E-state index contributed by atoms with van der Waals surface area (Å²) in [6.07, 6.45) is 3.06. The van der Waals surface area contributed by atoms with E-state index >= 15 is 0 Å². The van der Waals surface area contributed by atoms with Gasteiger partial charge in [0.2, 0.25) is 0 Å². The van der Waals surface area contributed by atoms with Gasteiger partial charge in [-0.15, -0.1) is 0 Å². The first-order chi connectivity index (χ1) is 11.5. The third-order valence-corrected chi connectivity index (χ3v) is 7.21. The first-order valence-electron chi connectivity index (χ1n) is 9.21. The van der Waals surface area contributed by atoms with Gasteiger partial charge in [0.15, 0.2) is 11.5 Å². The number of aromatic hydroxyl groups is 1. The number of nitrogens with one attached hydrogen (secondary N) is 1. The summed E-state index contributed by atoms with van der Waals surface area (Å²) in [5, 5.41) is 22.3. The smallest absolute Gasteiger partial charge is 0.165 e. The van der Waals surface area contributed by atoms with Crippen LogP contribution in [0.3, 0.4) is 0 Å². The zero-order valence-corrected chi connectivity index (χ0v) is 14.3. The fourth-order valence-corrected chi connectivity index (χ4v) is 6.25. The SMILES string of the molecule is CCO[C@H]1CC[C@@]2(O)C3Cc4ccc(O)c5c4[C@@]2(CC[NH+]3C)C1O5. The number of piperidine rings is 1. The summed E-state index contributed by atoms with van der Waals surface area (Å²) in [5.74, 6) is 0.792. The predicted octanol–water partition coefficient (Wildman–Crippen LogP) is 0.164. The van der Waals surface area contributed by atoms with Crippen LogP contribution in [0.1, 0.15) is 37.3 Å². The average Bonchev–Trinajstić information content (AvgIpc) is 2.91. The van der Waals surface area contributed by atoms with E-state index in [2.05, 4.69) is 7.05 Å². The molecular weight excluding hydrogens is 306 g/mol. The Morgan fingerprint density at radius 2 is 2.21 bits per heavy atom. The highest BCUT2D eigenvalue weighted by Crippen LogP contribution is 2.63.